The third-order valence-corrected chi connectivity index (χ3v) is 2.92. The largest absolute Gasteiger partial charge is 0.484 e. The fourth-order valence-electron chi connectivity index (χ4n) is 1.48. The summed E-state index contributed by atoms with van der Waals surface area (Å²) >= 11 is 0. The maximum atomic E-state index is 11.7. The van der Waals surface area contributed by atoms with Crippen LogP contribution in [0, 0.1) is 6.92 Å². The lowest BCUT2D eigenvalue weighted by Crippen LogP contribution is -2.44. The Morgan fingerprint density at radius 1 is 1.44 bits per heavy atom. The highest BCUT2D eigenvalue weighted by Crippen LogP contribution is 2.20. The highest BCUT2D eigenvalue weighted by atomic mass is 16.5. The second kappa shape index (κ2) is 5.76. The number of nitrogens with two attached hydrogens (primary N) is 1. The lowest BCUT2D eigenvalue weighted by atomic mass is 10.0. The molecule has 0 fully saturated rings. The number of carbonyl (C=O) groups excluding carboxylic acids is 1. The summed E-state index contributed by atoms with van der Waals surface area (Å²) in [6, 6.07) is 5.36. The average molecular weight is 250 g/mol. The number of hydrogen-bond acceptors (Lipinski definition) is 3. The molecule has 0 aliphatic rings. The van der Waals surface area contributed by atoms with Crippen LogP contribution in [0.5, 0.6) is 5.75 Å². The number of ether oxygens (including phenoxy) is 1. The number of carbonyl (C=O) groups is 1. The predicted molar refractivity (Wildman–Crippen MR) is 73.6 cm³/mol. The van der Waals surface area contributed by atoms with Gasteiger partial charge in [0.25, 0.3) is 5.91 Å². The number of aryl methyl sites for hydroxylation is 1. The van der Waals surface area contributed by atoms with Gasteiger partial charge in [-0.3, -0.25) is 4.79 Å². The summed E-state index contributed by atoms with van der Waals surface area (Å²) in [4.78, 5) is 11.7. The van der Waals surface area contributed by atoms with Gasteiger partial charge in [0.15, 0.2) is 6.61 Å². The van der Waals surface area contributed by atoms with Crippen molar-refractivity contribution in [1.29, 1.82) is 0 Å². The lowest BCUT2D eigenvalue weighted by molar-refractivity contribution is -0.124. The fourth-order valence-corrected chi connectivity index (χ4v) is 1.48. The number of rotatable bonds is 5. The normalized spacial score (nSPS) is 11.1. The van der Waals surface area contributed by atoms with E-state index in [2.05, 4.69) is 5.32 Å². The molecule has 1 aromatic rings. The van der Waals surface area contributed by atoms with E-state index in [1.54, 1.807) is 12.1 Å². The van der Waals surface area contributed by atoms with Gasteiger partial charge in [-0.25, -0.2) is 0 Å². The third-order valence-electron chi connectivity index (χ3n) is 2.92. The first-order valence-corrected chi connectivity index (χ1v) is 6.14. The number of benzene rings is 1. The molecular formula is C14H22N2O2. The van der Waals surface area contributed by atoms with Gasteiger partial charge in [0, 0.05) is 11.2 Å². The Morgan fingerprint density at radius 2 is 2.11 bits per heavy atom. The van der Waals surface area contributed by atoms with Crippen LogP contribution < -0.4 is 15.8 Å². The van der Waals surface area contributed by atoms with Crippen LogP contribution in [0.4, 0.5) is 5.69 Å². The second-order valence-corrected chi connectivity index (χ2v) is 5.10. The molecule has 0 aliphatic heterocycles. The molecule has 0 unspecified atom stereocenters. The Hall–Kier alpha value is -1.71. The second-order valence-electron chi connectivity index (χ2n) is 5.10. The zero-order valence-corrected chi connectivity index (χ0v) is 11.5. The molecule has 0 aliphatic carbocycles. The first-order valence-electron chi connectivity index (χ1n) is 6.14. The summed E-state index contributed by atoms with van der Waals surface area (Å²) in [7, 11) is 0. The zero-order valence-electron chi connectivity index (χ0n) is 11.5. The molecule has 0 heterocycles. The lowest BCUT2D eigenvalue weighted by Gasteiger charge is -2.24. The van der Waals surface area contributed by atoms with E-state index in [1.807, 2.05) is 33.8 Å². The van der Waals surface area contributed by atoms with Crippen molar-refractivity contribution in [1.82, 2.24) is 5.32 Å². The number of nitrogen functional groups attached to an aromatic ring is 1. The molecule has 1 rings (SSSR count). The van der Waals surface area contributed by atoms with E-state index in [1.165, 1.54) is 0 Å². The Kier molecular flexibility index (Phi) is 4.59. The number of hydrogen-bond donors (Lipinski definition) is 2. The maximum absolute atomic E-state index is 11.7. The van der Waals surface area contributed by atoms with E-state index < -0.39 is 0 Å². The first-order chi connectivity index (χ1) is 8.34. The van der Waals surface area contributed by atoms with Crippen molar-refractivity contribution in [3.8, 4) is 5.75 Å². The zero-order chi connectivity index (χ0) is 13.8. The van der Waals surface area contributed by atoms with Gasteiger partial charge in [-0.05, 0) is 51.0 Å². The topological polar surface area (TPSA) is 64.3 Å². The maximum Gasteiger partial charge on any atom is 0.258 e. The molecule has 0 saturated carbocycles. The molecule has 0 atom stereocenters. The SMILES string of the molecule is CCC(C)(C)NC(=O)COc1ccc(N)cc1C. The standard InChI is InChI=1S/C14H22N2O2/c1-5-14(3,4)16-13(17)9-18-12-7-6-11(15)8-10(12)2/h6-8H,5,9,15H2,1-4H3,(H,16,17). The van der Waals surface area contributed by atoms with Gasteiger partial charge in [0.1, 0.15) is 5.75 Å². The minimum Gasteiger partial charge on any atom is -0.484 e. The monoisotopic (exact) mass is 250 g/mol. The molecule has 18 heavy (non-hydrogen) atoms. The molecular weight excluding hydrogens is 228 g/mol. The molecule has 0 spiro atoms. The molecule has 0 aromatic heterocycles. The van der Waals surface area contributed by atoms with E-state index in [4.69, 9.17) is 10.5 Å². The van der Waals surface area contributed by atoms with Crippen LogP contribution in [0.15, 0.2) is 18.2 Å². The first kappa shape index (κ1) is 14.4. The smallest absolute Gasteiger partial charge is 0.258 e. The van der Waals surface area contributed by atoms with Gasteiger partial charge in [0.2, 0.25) is 0 Å². The minimum absolute atomic E-state index is 0.0220. The Morgan fingerprint density at radius 3 is 2.67 bits per heavy atom. The Balaban J connectivity index is 2.53. The fraction of sp³-hybridized carbons (Fsp3) is 0.500. The molecule has 1 amide bonds. The summed E-state index contributed by atoms with van der Waals surface area (Å²) in [5.74, 6) is 0.576. The van der Waals surface area contributed by atoms with Crippen molar-refractivity contribution in [3.05, 3.63) is 23.8 Å². The Labute approximate surface area is 109 Å². The molecule has 0 radical (unpaired) electrons. The van der Waals surface area contributed by atoms with Crippen LogP contribution in [0.1, 0.15) is 32.8 Å². The molecule has 4 heteroatoms. The number of nitrogens with one attached hydrogen (secondary N) is 1. The van der Waals surface area contributed by atoms with Gasteiger partial charge in [0.05, 0.1) is 0 Å². The van der Waals surface area contributed by atoms with Gasteiger partial charge in [-0.15, -0.1) is 0 Å². The van der Waals surface area contributed by atoms with Crippen molar-refractivity contribution in [3.63, 3.8) is 0 Å². The van der Waals surface area contributed by atoms with Crippen molar-refractivity contribution in [2.24, 2.45) is 0 Å². The van der Waals surface area contributed by atoms with E-state index in [0.29, 0.717) is 11.4 Å². The quantitative estimate of drug-likeness (QED) is 0.788. The molecule has 0 saturated heterocycles. The highest BCUT2D eigenvalue weighted by molar-refractivity contribution is 5.78. The van der Waals surface area contributed by atoms with Gasteiger partial charge >= 0.3 is 0 Å². The summed E-state index contributed by atoms with van der Waals surface area (Å²) in [5, 5.41) is 2.92. The summed E-state index contributed by atoms with van der Waals surface area (Å²) in [6.07, 6.45) is 0.875. The van der Waals surface area contributed by atoms with Crippen LogP contribution >= 0.6 is 0 Å². The minimum atomic E-state index is -0.198. The molecule has 1 aromatic carbocycles. The number of anilines is 1. The number of amides is 1. The molecule has 3 N–H and O–H groups in total. The third kappa shape index (κ3) is 4.28. The summed E-state index contributed by atoms with van der Waals surface area (Å²) < 4.78 is 5.48. The average Bonchev–Trinajstić information content (AvgIpc) is 2.27. The van der Waals surface area contributed by atoms with Crippen molar-refractivity contribution < 1.29 is 9.53 Å². The highest BCUT2D eigenvalue weighted by Gasteiger charge is 2.17. The van der Waals surface area contributed by atoms with E-state index >= 15 is 0 Å². The van der Waals surface area contributed by atoms with E-state index in [9.17, 15) is 4.79 Å². The van der Waals surface area contributed by atoms with Gasteiger partial charge in [-0.2, -0.15) is 0 Å². The van der Waals surface area contributed by atoms with Crippen molar-refractivity contribution in [2.75, 3.05) is 12.3 Å². The van der Waals surface area contributed by atoms with Gasteiger partial charge in [-0.1, -0.05) is 6.92 Å². The van der Waals surface area contributed by atoms with Crippen LogP contribution in [-0.4, -0.2) is 18.1 Å². The van der Waals surface area contributed by atoms with Gasteiger partial charge < -0.3 is 15.8 Å². The summed E-state index contributed by atoms with van der Waals surface area (Å²) in [5.41, 5.74) is 7.07. The van der Waals surface area contributed by atoms with Crippen LogP contribution in [0.2, 0.25) is 0 Å². The van der Waals surface area contributed by atoms with Crippen LogP contribution in [-0.2, 0) is 4.79 Å². The van der Waals surface area contributed by atoms with E-state index in [-0.39, 0.29) is 18.1 Å². The molecule has 100 valence electrons. The Bertz CT molecular complexity index is 428. The molecule has 4 nitrogen and oxygen atoms in total. The summed E-state index contributed by atoms with van der Waals surface area (Å²) in [6.45, 7) is 7.93. The van der Waals surface area contributed by atoms with Crippen LogP contribution in [0.3, 0.4) is 0 Å². The predicted octanol–water partition coefficient (Wildman–Crippen LogP) is 2.26. The molecule has 0 bridgehead atoms. The van der Waals surface area contributed by atoms with E-state index in [0.717, 1.165) is 12.0 Å². The van der Waals surface area contributed by atoms with Crippen LogP contribution in [0.25, 0.3) is 0 Å². The van der Waals surface area contributed by atoms with Crippen molar-refractivity contribution in [2.45, 2.75) is 39.7 Å². The van der Waals surface area contributed by atoms with Crippen molar-refractivity contribution >= 4 is 11.6 Å².